The maximum atomic E-state index is 10.4. The molecule has 0 aromatic carbocycles. The molecule has 1 heterocycles. The van der Waals surface area contributed by atoms with E-state index in [4.69, 9.17) is 9.84 Å². The number of carboxylic acids is 1. The van der Waals surface area contributed by atoms with E-state index in [0.29, 0.717) is 18.4 Å². The molecular weight excluding hydrogens is 194 g/mol. The summed E-state index contributed by atoms with van der Waals surface area (Å²) in [4.78, 5) is 12.7. The highest BCUT2D eigenvalue weighted by molar-refractivity contribution is 5.66. The second kappa shape index (κ2) is 6.08. The first-order valence-corrected chi connectivity index (χ1v) is 5.65. The summed E-state index contributed by atoms with van der Waals surface area (Å²) in [5, 5.41) is 8.60. The summed E-state index contributed by atoms with van der Waals surface area (Å²) < 4.78 is 5.42. The van der Waals surface area contributed by atoms with Crippen molar-refractivity contribution in [3.05, 3.63) is 0 Å². The van der Waals surface area contributed by atoms with Crippen molar-refractivity contribution in [3.8, 4) is 0 Å². The van der Waals surface area contributed by atoms with Crippen molar-refractivity contribution in [1.29, 1.82) is 0 Å². The van der Waals surface area contributed by atoms with Crippen LogP contribution in [-0.2, 0) is 9.53 Å². The molecule has 0 aliphatic carbocycles. The molecule has 15 heavy (non-hydrogen) atoms. The fraction of sp³-hybridized carbons (Fsp3) is 0.909. The topological polar surface area (TPSA) is 49.8 Å². The molecule has 4 heteroatoms. The van der Waals surface area contributed by atoms with Crippen LogP contribution in [0.15, 0.2) is 0 Å². The molecule has 0 saturated carbocycles. The number of nitrogens with zero attached hydrogens (tertiary/aromatic N) is 1. The minimum Gasteiger partial charge on any atom is -0.481 e. The summed E-state index contributed by atoms with van der Waals surface area (Å²) in [6, 6.07) is 0. The molecule has 88 valence electrons. The SMILES string of the molecule is CCOC[C@H]1CN(CCC(=O)O)C[C@@H]1C. The predicted molar refractivity (Wildman–Crippen MR) is 57.8 cm³/mol. The fourth-order valence-electron chi connectivity index (χ4n) is 2.06. The number of aliphatic carboxylic acids is 1. The first-order chi connectivity index (χ1) is 7.13. The van der Waals surface area contributed by atoms with Crippen molar-refractivity contribution in [2.75, 3.05) is 32.8 Å². The zero-order valence-corrected chi connectivity index (χ0v) is 9.61. The summed E-state index contributed by atoms with van der Waals surface area (Å²) in [5.41, 5.74) is 0. The highest BCUT2D eigenvalue weighted by Gasteiger charge is 2.29. The molecule has 1 saturated heterocycles. The highest BCUT2D eigenvalue weighted by atomic mass is 16.5. The van der Waals surface area contributed by atoms with Gasteiger partial charge in [0.25, 0.3) is 0 Å². The van der Waals surface area contributed by atoms with E-state index < -0.39 is 5.97 Å². The maximum absolute atomic E-state index is 10.4. The normalized spacial score (nSPS) is 27.1. The number of rotatable bonds is 6. The molecule has 0 unspecified atom stereocenters. The molecule has 1 fully saturated rings. The third-order valence-corrected chi connectivity index (χ3v) is 3.02. The summed E-state index contributed by atoms with van der Waals surface area (Å²) >= 11 is 0. The van der Waals surface area contributed by atoms with E-state index in [9.17, 15) is 4.79 Å². The van der Waals surface area contributed by atoms with Crippen LogP contribution in [0.3, 0.4) is 0 Å². The fourth-order valence-corrected chi connectivity index (χ4v) is 2.06. The maximum Gasteiger partial charge on any atom is 0.304 e. The van der Waals surface area contributed by atoms with Crippen LogP contribution in [0.5, 0.6) is 0 Å². The van der Waals surface area contributed by atoms with E-state index in [-0.39, 0.29) is 6.42 Å². The van der Waals surface area contributed by atoms with Gasteiger partial charge in [-0.15, -0.1) is 0 Å². The van der Waals surface area contributed by atoms with Crippen LogP contribution >= 0.6 is 0 Å². The minimum atomic E-state index is -0.712. The Kier molecular flexibility index (Phi) is 5.05. The standard InChI is InChI=1S/C11H21NO3/c1-3-15-8-10-7-12(6-9(10)2)5-4-11(13)14/h9-10H,3-8H2,1-2H3,(H,13,14)/t9-,10+/m0/s1. The Hall–Kier alpha value is -0.610. The third kappa shape index (κ3) is 4.18. The number of hydrogen-bond acceptors (Lipinski definition) is 3. The summed E-state index contributed by atoms with van der Waals surface area (Å²) in [5.74, 6) is 0.472. The third-order valence-electron chi connectivity index (χ3n) is 3.02. The van der Waals surface area contributed by atoms with Crippen LogP contribution in [-0.4, -0.2) is 48.8 Å². The molecule has 1 rings (SSSR count). The molecule has 0 aromatic rings. The van der Waals surface area contributed by atoms with Crippen molar-refractivity contribution >= 4 is 5.97 Å². The van der Waals surface area contributed by atoms with E-state index >= 15 is 0 Å². The second-order valence-electron chi connectivity index (χ2n) is 4.30. The largest absolute Gasteiger partial charge is 0.481 e. The number of carbonyl (C=O) groups is 1. The molecule has 0 bridgehead atoms. The first-order valence-electron chi connectivity index (χ1n) is 5.65. The second-order valence-corrected chi connectivity index (χ2v) is 4.30. The lowest BCUT2D eigenvalue weighted by atomic mass is 9.99. The molecule has 4 nitrogen and oxygen atoms in total. The molecule has 1 aliphatic heterocycles. The van der Waals surface area contributed by atoms with Gasteiger partial charge in [-0.1, -0.05) is 6.92 Å². The smallest absolute Gasteiger partial charge is 0.304 e. The van der Waals surface area contributed by atoms with Crippen molar-refractivity contribution in [2.45, 2.75) is 20.3 Å². The van der Waals surface area contributed by atoms with Gasteiger partial charge in [-0.2, -0.15) is 0 Å². The van der Waals surface area contributed by atoms with Gasteiger partial charge < -0.3 is 14.7 Å². The molecule has 1 aliphatic rings. The van der Waals surface area contributed by atoms with Crippen LogP contribution in [0.1, 0.15) is 20.3 Å². The molecule has 0 amide bonds. The van der Waals surface area contributed by atoms with E-state index in [2.05, 4.69) is 11.8 Å². The highest BCUT2D eigenvalue weighted by Crippen LogP contribution is 2.23. The lowest BCUT2D eigenvalue weighted by Gasteiger charge is -2.14. The van der Waals surface area contributed by atoms with Crippen molar-refractivity contribution in [2.24, 2.45) is 11.8 Å². The van der Waals surface area contributed by atoms with E-state index in [0.717, 1.165) is 26.3 Å². The van der Waals surface area contributed by atoms with Crippen LogP contribution in [0.4, 0.5) is 0 Å². The van der Waals surface area contributed by atoms with E-state index in [1.165, 1.54) is 0 Å². The Balaban J connectivity index is 2.25. The molecule has 1 N–H and O–H groups in total. The molecule has 0 spiro atoms. The molecule has 2 atom stereocenters. The van der Waals surface area contributed by atoms with Crippen molar-refractivity contribution in [1.82, 2.24) is 4.90 Å². The van der Waals surface area contributed by atoms with Gasteiger partial charge in [0.2, 0.25) is 0 Å². The summed E-state index contributed by atoms with van der Waals surface area (Å²) in [6.45, 7) is 8.44. The zero-order chi connectivity index (χ0) is 11.3. The van der Waals surface area contributed by atoms with Crippen LogP contribution < -0.4 is 0 Å². The summed E-state index contributed by atoms with van der Waals surface area (Å²) in [7, 11) is 0. The molecular formula is C11H21NO3. The van der Waals surface area contributed by atoms with Gasteiger partial charge in [-0.25, -0.2) is 0 Å². The number of hydrogen-bond donors (Lipinski definition) is 1. The average molecular weight is 215 g/mol. The van der Waals surface area contributed by atoms with Gasteiger partial charge in [0.15, 0.2) is 0 Å². The van der Waals surface area contributed by atoms with Gasteiger partial charge in [0.1, 0.15) is 0 Å². The monoisotopic (exact) mass is 215 g/mol. The van der Waals surface area contributed by atoms with Crippen molar-refractivity contribution < 1.29 is 14.6 Å². The lowest BCUT2D eigenvalue weighted by Crippen LogP contribution is -2.24. The first kappa shape index (κ1) is 12.5. The van der Waals surface area contributed by atoms with Gasteiger partial charge in [0.05, 0.1) is 13.0 Å². The number of ether oxygens (including phenoxy) is 1. The molecule has 0 aromatic heterocycles. The van der Waals surface area contributed by atoms with E-state index in [1.54, 1.807) is 0 Å². The van der Waals surface area contributed by atoms with Crippen LogP contribution in [0.25, 0.3) is 0 Å². The Morgan fingerprint density at radius 1 is 1.53 bits per heavy atom. The Morgan fingerprint density at radius 2 is 2.27 bits per heavy atom. The van der Waals surface area contributed by atoms with Gasteiger partial charge >= 0.3 is 5.97 Å². The Morgan fingerprint density at radius 3 is 2.87 bits per heavy atom. The van der Waals surface area contributed by atoms with Crippen molar-refractivity contribution in [3.63, 3.8) is 0 Å². The van der Waals surface area contributed by atoms with Gasteiger partial charge in [-0.05, 0) is 18.8 Å². The van der Waals surface area contributed by atoms with Gasteiger partial charge in [0, 0.05) is 26.2 Å². The molecule has 0 radical (unpaired) electrons. The lowest BCUT2D eigenvalue weighted by molar-refractivity contribution is -0.137. The number of carboxylic acid groups (broad SMARTS) is 1. The summed E-state index contributed by atoms with van der Waals surface area (Å²) in [6.07, 6.45) is 0.244. The Labute approximate surface area is 91.2 Å². The predicted octanol–water partition coefficient (Wildman–Crippen LogP) is 1.07. The van der Waals surface area contributed by atoms with E-state index in [1.807, 2.05) is 6.92 Å². The zero-order valence-electron chi connectivity index (χ0n) is 9.61. The average Bonchev–Trinajstić information content (AvgIpc) is 2.53. The Bertz CT molecular complexity index is 208. The quantitative estimate of drug-likeness (QED) is 0.720. The van der Waals surface area contributed by atoms with Crippen LogP contribution in [0.2, 0.25) is 0 Å². The van der Waals surface area contributed by atoms with Crippen LogP contribution in [0, 0.1) is 11.8 Å². The minimum absolute atomic E-state index is 0.244. The van der Waals surface area contributed by atoms with Gasteiger partial charge in [-0.3, -0.25) is 4.79 Å². The number of likely N-dealkylation sites (tertiary alicyclic amines) is 1.